The van der Waals surface area contributed by atoms with Crippen LogP contribution in [-0.4, -0.2) is 4.40 Å². The minimum absolute atomic E-state index is 0.904. The van der Waals surface area contributed by atoms with Crippen LogP contribution in [0.25, 0.3) is 93.4 Å². The molecule has 0 spiro atoms. The molecule has 3 aromatic heterocycles. The Labute approximate surface area is 329 Å². The number of fused-ring (bicyclic) bond motifs is 9. The Morgan fingerprint density at radius 1 is 0.298 bits per heavy atom. The Bertz CT molecular complexity index is 3430. The maximum atomic E-state index is 6.23. The number of hydrogen-bond acceptors (Lipinski definition) is 2. The second-order valence-electron chi connectivity index (χ2n) is 14.9. The van der Waals surface area contributed by atoms with Crippen molar-refractivity contribution in [2.45, 2.75) is 0 Å². The van der Waals surface area contributed by atoms with E-state index in [2.05, 4.69) is 203 Å². The molecule has 9 aromatic carbocycles. The van der Waals surface area contributed by atoms with Crippen LogP contribution in [0, 0.1) is 0 Å². The number of benzene rings is 9. The third-order valence-electron chi connectivity index (χ3n) is 11.8. The summed E-state index contributed by atoms with van der Waals surface area (Å²) in [6.45, 7) is 0. The molecule has 0 aliphatic rings. The molecule has 0 radical (unpaired) electrons. The molecule has 0 aliphatic heterocycles. The van der Waals surface area contributed by atoms with Gasteiger partial charge < -0.3 is 13.7 Å². The van der Waals surface area contributed by atoms with Crippen LogP contribution >= 0.6 is 0 Å². The lowest BCUT2D eigenvalue weighted by Gasteiger charge is -2.26. The molecule has 12 aromatic rings. The monoisotopic (exact) mass is 726 g/mol. The molecule has 12 rings (SSSR count). The van der Waals surface area contributed by atoms with E-state index in [1.54, 1.807) is 0 Å². The molecular weight excluding hydrogens is 693 g/mol. The average Bonchev–Trinajstić information content (AvgIpc) is 3.94. The second kappa shape index (κ2) is 12.5. The third-order valence-corrected chi connectivity index (χ3v) is 11.8. The van der Waals surface area contributed by atoms with Crippen molar-refractivity contribution in [2.75, 3.05) is 4.90 Å². The molecule has 0 atom stereocenters. The lowest BCUT2D eigenvalue weighted by atomic mass is 10.0. The predicted octanol–water partition coefficient (Wildman–Crippen LogP) is 15.2. The van der Waals surface area contributed by atoms with Gasteiger partial charge >= 0.3 is 0 Å². The fourth-order valence-electron chi connectivity index (χ4n) is 9.00. The number of rotatable bonds is 6. The molecule has 0 aliphatic carbocycles. The van der Waals surface area contributed by atoms with E-state index in [9.17, 15) is 0 Å². The first-order valence-electron chi connectivity index (χ1n) is 19.5. The summed E-state index contributed by atoms with van der Waals surface area (Å²) in [5.41, 5.74) is 15.9. The first kappa shape index (κ1) is 31.7. The van der Waals surface area contributed by atoms with Gasteiger partial charge in [-0.2, -0.15) is 0 Å². The van der Waals surface area contributed by atoms with Gasteiger partial charge in [0.25, 0.3) is 0 Å². The van der Waals surface area contributed by atoms with Crippen molar-refractivity contribution in [3.05, 3.63) is 206 Å². The standard InChI is InChI=1S/C54H34N2O/c1-2-9-35(10-3-1)36-17-25-41(26-18-36)55(43-29-21-38(22-30-43)40-24-32-47-46-12-5-7-16-52(46)57-53(47)34-40)42-27-19-37(20-28-42)39-23-31-45-49-14-8-13-48-44-11-4-6-15-50(44)56(54(48)49)51(45)33-39/h1-34H. The van der Waals surface area contributed by atoms with Gasteiger partial charge in [0, 0.05) is 49.4 Å². The number of hydrogen-bond donors (Lipinski definition) is 0. The molecule has 0 unspecified atom stereocenters. The predicted molar refractivity (Wildman–Crippen MR) is 239 cm³/mol. The van der Waals surface area contributed by atoms with Crippen LogP contribution < -0.4 is 4.90 Å². The van der Waals surface area contributed by atoms with Crippen LogP contribution in [0.1, 0.15) is 0 Å². The molecule has 0 N–H and O–H groups in total. The van der Waals surface area contributed by atoms with Crippen LogP contribution in [-0.2, 0) is 0 Å². The molecule has 0 saturated carbocycles. The van der Waals surface area contributed by atoms with E-state index >= 15 is 0 Å². The summed E-state index contributed by atoms with van der Waals surface area (Å²) >= 11 is 0. The van der Waals surface area contributed by atoms with E-state index in [0.29, 0.717) is 0 Å². The Balaban J connectivity index is 0.933. The molecule has 0 fully saturated rings. The number of aromatic nitrogens is 1. The Kier molecular flexibility index (Phi) is 6.93. The van der Waals surface area contributed by atoms with E-state index < -0.39 is 0 Å². The molecule has 0 saturated heterocycles. The average molecular weight is 727 g/mol. The maximum absolute atomic E-state index is 6.23. The van der Waals surface area contributed by atoms with Gasteiger partial charge in [0.05, 0.1) is 16.6 Å². The van der Waals surface area contributed by atoms with Gasteiger partial charge in [0.1, 0.15) is 11.2 Å². The highest BCUT2D eigenvalue weighted by Crippen LogP contribution is 2.42. The molecular formula is C54H34N2O. The van der Waals surface area contributed by atoms with Crippen molar-refractivity contribution < 1.29 is 4.42 Å². The summed E-state index contributed by atoms with van der Waals surface area (Å²) in [7, 11) is 0. The van der Waals surface area contributed by atoms with Gasteiger partial charge in [-0.1, -0.05) is 140 Å². The molecule has 0 amide bonds. The van der Waals surface area contributed by atoms with Crippen LogP contribution in [0.15, 0.2) is 211 Å². The molecule has 3 heteroatoms. The van der Waals surface area contributed by atoms with Crippen LogP contribution in [0.2, 0.25) is 0 Å². The van der Waals surface area contributed by atoms with Crippen molar-refractivity contribution in [2.24, 2.45) is 0 Å². The SMILES string of the molecule is c1ccc(-c2ccc(N(c3ccc(-c4ccc5c(c4)oc4ccccc45)cc3)c3ccc(-c4ccc5c6cccc7c8ccccc8n(c5c4)c76)cc3)cc2)cc1. The van der Waals surface area contributed by atoms with Crippen molar-refractivity contribution in [3.8, 4) is 33.4 Å². The lowest BCUT2D eigenvalue weighted by molar-refractivity contribution is 0.669. The third kappa shape index (κ3) is 4.99. The van der Waals surface area contributed by atoms with E-state index in [0.717, 1.165) is 50.1 Å². The highest BCUT2D eigenvalue weighted by atomic mass is 16.3. The van der Waals surface area contributed by atoms with Crippen LogP contribution in [0.4, 0.5) is 17.1 Å². The second-order valence-corrected chi connectivity index (χ2v) is 14.9. The fraction of sp³-hybridized carbons (Fsp3) is 0. The van der Waals surface area contributed by atoms with Crippen LogP contribution in [0.3, 0.4) is 0 Å². The summed E-state index contributed by atoms with van der Waals surface area (Å²) in [5, 5.41) is 7.48. The highest BCUT2D eigenvalue weighted by molar-refractivity contribution is 6.23. The molecule has 57 heavy (non-hydrogen) atoms. The van der Waals surface area contributed by atoms with E-state index in [1.807, 2.05) is 12.1 Å². The quantitative estimate of drug-likeness (QED) is 0.170. The van der Waals surface area contributed by atoms with Crippen molar-refractivity contribution >= 4 is 77.1 Å². The zero-order valence-corrected chi connectivity index (χ0v) is 30.9. The van der Waals surface area contributed by atoms with Gasteiger partial charge in [-0.25, -0.2) is 0 Å². The molecule has 266 valence electrons. The number of nitrogens with zero attached hydrogens (tertiary/aromatic N) is 2. The van der Waals surface area contributed by atoms with E-state index in [1.165, 1.54) is 60.3 Å². The summed E-state index contributed by atoms with van der Waals surface area (Å²) in [4.78, 5) is 2.34. The topological polar surface area (TPSA) is 20.8 Å². The minimum Gasteiger partial charge on any atom is -0.456 e. The van der Waals surface area contributed by atoms with Crippen molar-refractivity contribution in [3.63, 3.8) is 0 Å². The summed E-state index contributed by atoms with van der Waals surface area (Å²) in [6, 6.07) is 74.4. The number of furan rings is 1. The normalized spacial score (nSPS) is 11.9. The largest absolute Gasteiger partial charge is 0.456 e. The van der Waals surface area contributed by atoms with Gasteiger partial charge in [-0.3, -0.25) is 0 Å². The highest BCUT2D eigenvalue weighted by Gasteiger charge is 2.18. The van der Waals surface area contributed by atoms with Crippen LogP contribution in [0.5, 0.6) is 0 Å². The zero-order valence-electron chi connectivity index (χ0n) is 30.9. The van der Waals surface area contributed by atoms with Gasteiger partial charge in [0.2, 0.25) is 0 Å². The number of anilines is 3. The lowest BCUT2D eigenvalue weighted by Crippen LogP contribution is -2.09. The molecule has 0 bridgehead atoms. The maximum Gasteiger partial charge on any atom is 0.136 e. The van der Waals surface area contributed by atoms with E-state index in [4.69, 9.17) is 4.42 Å². The van der Waals surface area contributed by atoms with Crippen molar-refractivity contribution in [1.82, 2.24) is 4.40 Å². The van der Waals surface area contributed by atoms with Crippen molar-refractivity contribution in [1.29, 1.82) is 0 Å². The van der Waals surface area contributed by atoms with Gasteiger partial charge in [-0.15, -0.1) is 0 Å². The molecule has 3 heterocycles. The summed E-state index contributed by atoms with van der Waals surface area (Å²) < 4.78 is 8.68. The summed E-state index contributed by atoms with van der Waals surface area (Å²) in [5.74, 6) is 0. The van der Waals surface area contributed by atoms with Gasteiger partial charge in [-0.05, 0) is 100 Å². The first-order chi connectivity index (χ1) is 28.2. The zero-order chi connectivity index (χ0) is 37.5. The Morgan fingerprint density at radius 2 is 0.754 bits per heavy atom. The minimum atomic E-state index is 0.904. The smallest absolute Gasteiger partial charge is 0.136 e. The Morgan fingerprint density at radius 3 is 1.42 bits per heavy atom. The Hall–Kier alpha value is -7.62. The summed E-state index contributed by atoms with van der Waals surface area (Å²) in [6.07, 6.45) is 0. The van der Waals surface area contributed by atoms with Gasteiger partial charge in [0.15, 0.2) is 0 Å². The fourth-order valence-corrected chi connectivity index (χ4v) is 9.00. The molecule has 3 nitrogen and oxygen atoms in total. The number of para-hydroxylation sites is 3. The van der Waals surface area contributed by atoms with E-state index in [-0.39, 0.29) is 0 Å². The first-order valence-corrected chi connectivity index (χ1v) is 19.5.